The van der Waals surface area contributed by atoms with Crippen LogP contribution in [0.3, 0.4) is 0 Å². The van der Waals surface area contributed by atoms with Crippen LogP contribution in [0.15, 0.2) is 24.3 Å². The maximum atomic E-state index is 11.0. The summed E-state index contributed by atoms with van der Waals surface area (Å²) < 4.78 is 0. The maximum Gasteiger partial charge on any atom is 0.0638 e. The zero-order valence-electron chi connectivity index (χ0n) is 6.24. The van der Waals surface area contributed by atoms with Crippen LogP contribution in [0, 0.1) is 5.21 Å². The molecule has 0 spiro atoms. The SMILES string of the molecule is CNN([O-])c1ccccc1N. The van der Waals surface area contributed by atoms with Gasteiger partial charge in [-0.3, -0.25) is 0 Å². The Balaban J connectivity index is 2.93. The summed E-state index contributed by atoms with van der Waals surface area (Å²) in [5, 5.41) is 11.6. The van der Waals surface area contributed by atoms with Crippen LogP contribution in [0.2, 0.25) is 0 Å². The van der Waals surface area contributed by atoms with Crippen molar-refractivity contribution in [1.29, 1.82) is 0 Å². The van der Waals surface area contributed by atoms with Crippen molar-refractivity contribution < 1.29 is 0 Å². The molecule has 1 rings (SSSR count). The van der Waals surface area contributed by atoms with Crippen molar-refractivity contribution in [2.75, 3.05) is 18.0 Å². The molecule has 0 heterocycles. The molecule has 0 amide bonds. The van der Waals surface area contributed by atoms with E-state index in [-0.39, 0.29) is 0 Å². The van der Waals surface area contributed by atoms with Crippen molar-refractivity contribution in [3.8, 4) is 0 Å². The summed E-state index contributed by atoms with van der Waals surface area (Å²) in [7, 11) is 1.54. The van der Waals surface area contributed by atoms with Crippen LogP contribution < -0.4 is 16.3 Å². The molecule has 0 aliphatic heterocycles. The van der Waals surface area contributed by atoms with Gasteiger partial charge in [0.05, 0.1) is 11.4 Å². The Morgan fingerprint density at radius 3 is 2.64 bits per heavy atom. The number of anilines is 2. The molecule has 0 fully saturated rings. The molecule has 0 saturated carbocycles. The fourth-order valence-corrected chi connectivity index (χ4v) is 0.793. The smallest absolute Gasteiger partial charge is 0.0638 e. The third-order valence-electron chi connectivity index (χ3n) is 1.36. The average Bonchev–Trinajstić information content (AvgIpc) is 2.04. The van der Waals surface area contributed by atoms with E-state index in [1.54, 1.807) is 31.3 Å². The molecule has 4 nitrogen and oxygen atoms in total. The van der Waals surface area contributed by atoms with Gasteiger partial charge in [0, 0.05) is 7.05 Å². The van der Waals surface area contributed by atoms with E-state index >= 15 is 0 Å². The molecule has 0 bridgehead atoms. The van der Waals surface area contributed by atoms with Crippen LogP contribution in [-0.4, -0.2) is 7.05 Å². The van der Waals surface area contributed by atoms with Gasteiger partial charge in [-0.25, -0.2) is 5.43 Å². The normalized spacial score (nSPS) is 9.64. The highest BCUT2D eigenvalue weighted by molar-refractivity contribution is 5.66. The molecule has 1 aromatic carbocycles. The van der Waals surface area contributed by atoms with Crippen molar-refractivity contribution in [3.05, 3.63) is 29.5 Å². The van der Waals surface area contributed by atoms with Crippen molar-refractivity contribution in [3.63, 3.8) is 0 Å². The van der Waals surface area contributed by atoms with Crippen molar-refractivity contribution >= 4 is 11.4 Å². The van der Waals surface area contributed by atoms with E-state index in [2.05, 4.69) is 5.43 Å². The van der Waals surface area contributed by atoms with Gasteiger partial charge >= 0.3 is 0 Å². The molecular formula is C7H10N3O-. The summed E-state index contributed by atoms with van der Waals surface area (Å²) in [4.78, 5) is 0. The molecule has 0 saturated heterocycles. The Hall–Kier alpha value is -1.26. The summed E-state index contributed by atoms with van der Waals surface area (Å²) in [5.41, 5.74) is 8.84. The lowest BCUT2D eigenvalue weighted by atomic mass is 10.3. The quantitative estimate of drug-likeness (QED) is 0.484. The van der Waals surface area contributed by atoms with Gasteiger partial charge in [0.15, 0.2) is 0 Å². The first-order valence-corrected chi connectivity index (χ1v) is 3.25. The van der Waals surface area contributed by atoms with E-state index in [1.807, 2.05) is 0 Å². The number of nitrogen functional groups attached to an aromatic ring is 1. The molecular weight excluding hydrogens is 142 g/mol. The highest BCUT2D eigenvalue weighted by atomic mass is 16.5. The van der Waals surface area contributed by atoms with E-state index in [0.29, 0.717) is 16.5 Å². The largest absolute Gasteiger partial charge is 0.743 e. The van der Waals surface area contributed by atoms with E-state index in [4.69, 9.17) is 5.73 Å². The predicted octanol–water partition coefficient (Wildman–Crippen LogP) is 0.707. The second-order valence-corrected chi connectivity index (χ2v) is 2.08. The molecule has 11 heavy (non-hydrogen) atoms. The van der Waals surface area contributed by atoms with Crippen LogP contribution in [-0.2, 0) is 0 Å². The van der Waals surface area contributed by atoms with Gasteiger partial charge in [0.25, 0.3) is 0 Å². The number of hydrogen-bond acceptors (Lipinski definition) is 4. The summed E-state index contributed by atoms with van der Waals surface area (Å²) in [6.07, 6.45) is 0. The summed E-state index contributed by atoms with van der Waals surface area (Å²) in [6, 6.07) is 6.87. The zero-order chi connectivity index (χ0) is 8.27. The fourth-order valence-electron chi connectivity index (χ4n) is 0.793. The monoisotopic (exact) mass is 152 g/mol. The third kappa shape index (κ3) is 1.60. The molecule has 3 N–H and O–H groups in total. The van der Waals surface area contributed by atoms with E-state index < -0.39 is 0 Å². The molecule has 0 radical (unpaired) electrons. The lowest BCUT2D eigenvalue weighted by molar-refractivity contribution is 0.832. The average molecular weight is 152 g/mol. The number of nitrogens with two attached hydrogens (primary N) is 1. The molecule has 60 valence electrons. The van der Waals surface area contributed by atoms with Crippen LogP contribution >= 0.6 is 0 Å². The van der Waals surface area contributed by atoms with E-state index in [1.165, 1.54) is 0 Å². The van der Waals surface area contributed by atoms with E-state index in [9.17, 15) is 5.21 Å². The van der Waals surface area contributed by atoms with Crippen molar-refractivity contribution in [1.82, 2.24) is 5.43 Å². The van der Waals surface area contributed by atoms with Gasteiger partial charge in [0.1, 0.15) is 0 Å². The van der Waals surface area contributed by atoms with Crippen LogP contribution in [0.4, 0.5) is 11.4 Å². The Bertz CT molecular complexity index is 239. The Kier molecular flexibility index (Phi) is 2.30. The van der Waals surface area contributed by atoms with Gasteiger partial charge in [-0.15, -0.1) is 0 Å². The molecule has 4 heteroatoms. The highest BCUT2D eigenvalue weighted by Gasteiger charge is 1.95. The highest BCUT2D eigenvalue weighted by Crippen LogP contribution is 2.19. The van der Waals surface area contributed by atoms with Gasteiger partial charge in [-0.1, -0.05) is 12.1 Å². The zero-order valence-corrected chi connectivity index (χ0v) is 6.24. The van der Waals surface area contributed by atoms with Crippen LogP contribution in [0.25, 0.3) is 0 Å². The summed E-state index contributed by atoms with van der Waals surface area (Å²) >= 11 is 0. The second kappa shape index (κ2) is 3.23. The second-order valence-electron chi connectivity index (χ2n) is 2.08. The minimum Gasteiger partial charge on any atom is -0.743 e. The third-order valence-corrected chi connectivity index (χ3v) is 1.36. The first-order valence-electron chi connectivity index (χ1n) is 3.25. The standard InChI is InChI=1S/C7H10N3O/c1-9-10(11)7-5-3-2-4-6(7)8/h2-5,9H,8H2,1H3/q-1. The summed E-state index contributed by atoms with van der Waals surface area (Å²) in [5.74, 6) is 0. The maximum absolute atomic E-state index is 11.0. The molecule has 0 aliphatic rings. The minimum absolute atomic E-state index is 0.440. The molecule has 0 unspecified atom stereocenters. The lowest BCUT2D eigenvalue weighted by Crippen LogP contribution is -2.28. The van der Waals surface area contributed by atoms with Crippen LogP contribution in [0.1, 0.15) is 0 Å². The number of benzene rings is 1. The first-order chi connectivity index (χ1) is 5.25. The van der Waals surface area contributed by atoms with Crippen LogP contribution in [0.5, 0.6) is 0 Å². The Labute approximate surface area is 65.2 Å². The fraction of sp³-hybridized carbons (Fsp3) is 0.143. The van der Waals surface area contributed by atoms with Gasteiger partial charge < -0.3 is 16.1 Å². The number of nitrogens with zero attached hydrogens (tertiary/aromatic N) is 1. The number of hydrazine groups is 1. The number of rotatable bonds is 2. The summed E-state index contributed by atoms with van der Waals surface area (Å²) in [6.45, 7) is 0. The molecule has 0 aromatic heterocycles. The lowest BCUT2D eigenvalue weighted by Gasteiger charge is -2.29. The Morgan fingerprint density at radius 2 is 2.09 bits per heavy atom. The Morgan fingerprint density at radius 1 is 1.45 bits per heavy atom. The van der Waals surface area contributed by atoms with Gasteiger partial charge in [-0.05, 0) is 12.1 Å². The first kappa shape index (κ1) is 7.84. The minimum atomic E-state index is 0.440. The van der Waals surface area contributed by atoms with E-state index in [0.717, 1.165) is 0 Å². The molecule has 1 aromatic rings. The number of nitrogens with one attached hydrogen (secondary N) is 1. The van der Waals surface area contributed by atoms with Crippen molar-refractivity contribution in [2.45, 2.75) is 0 Å². The molecule has 0 aliphatic carbocycles. The van der Waals surface area contributed by atoms with Gasteiger partial charge in [-0.2, -0.15) is 0 Å². The number of para-hydroxylation sites is 2. The van der Waals surface area contributed by atoms with Gasteiger partial charge in [0.2, 0.25) is 0 Å². The number of hydrogen-bond donors (Lipinski definition) is 2. The topological polar surface area (TPSA) is 64.3 Å². The molecule has 0 atom stereocenters. The van der Waals surface area contributed by atoms with Crippen molar-refractivity contribution in [2.24, 2.45) is 0 Å². The predicted molar refractivity (Wildman–Crippen MR) is 45.8 cm³/mol.